The topological polar surface area (TPSA) is 40.5 Å². The van der Waals surface area contributed by atoms with Gasteiger partial charge in [0.05, 0.1) is 12.2 Å². The summed E-state index contributed by atoms with van der Waals surface area (Å²) in [6.45, 7) is 14.2. The SMILES string of the molecule is CC(C)[C@@H](C)[C@H](O)C[C@@H](C)C1CCC2C3=CC=C4C[C@@H](O)CCC4(C)C3CC[C@@]21C. The third-order valence-electron chi connectivity index (χ3n) is 10.6. The smallest absolute Gasteiger partial charge is 0.0578 e. The monoisotopic (exact) mass is 414 g/mol. The Morgan fingerprint density at radius 3 is 2.40 bits per heavy atom. The fraction of sp³-hybridized carbons (Fsp3) is 0.857. The minimum atomic E-state index is -0.175. The van der Waals surface area contributed by atoms with Gasteiger partial charge in [-0.05, 0) is 97.7 Å². The number of aliphatic hydroxyl groups is 2. The van der Waals surface area contributed by atoms with E-state index in [0.29, 0.717) is 35.0 Å². The summed E-state index contributed by atoms with van der Waals surface area (Å²) in [6.07, 6.45) is 13.8. The van der Waals surface area contributed by atoms with Gasteiger partial charge in [-0.15, -0.1) is 0 Å². The van der Waals surface area contributed by atoms with Crippen LogP contribution in [0.3, 0.4) is 0 Å². The van der Waals surface area contributed by atoms with Crippen LogP contribution in [0.15, 0.2) is 23.3 Å². The first-order valence-corrected chi connectivity index (χ1v) is 12.8. The molecule has 0 heterocycles. The molecule has 4 aliphatic rings. The molecule has 3 saturated carbocycles. The Labute approximate surface area is 185 Å². The van der Waals surface area contributed by atoms with E-state index >= 15 is 0 Å². The van der Waals surface area contributed by atoms with Crippen LogP contribution in [-0.2, 0) is 0 Å². The Morgan fingerprint density at radius 1 is 0.967 bits per heavy atom. The number of rotatable bonds is 5. The first kappa shape index (κ1) is 22.6. The van der Waals surface area contributed by atoms with Crippen LogP contribution in [0.2, 0.25) is 0 Å². The predicted octanol–water partition coefficient (Wildman–Crippen LogP) is 6.53. The second kappa shape index (κ2) is 8.07. The Balaban J connectivity index is 1.54. The van der Waals surface area contributed by atoms with E-state index in [4.69, 9.17) is 0 Å². The Hall–Kier alpha value is -0.600. The van der Waals surface area contributed by atoms with Crippen LogP contribution in [0.25, 0.3) is 0 Å². The van der Waals surface area contributed by atoms with Gasteiger partial charge < -0.3 is 10.2 Å². The molecular formula is C28H46O2. The number of fused-ring (bicyclic) bond motifs is 5. The van der Waals surface area contributed by atoms with Gasteiger partial charge in [0, 0.05) is 0 Å². The van der Waals surface area contributed by atoms with E-state index in [1.54, 1.807) is 5.57 Å². The molecular weight excluding hydrogens is 368 g/mol. The van der Waals surface area contributed by atoms with Crippen molar-refractivity contribution in [1.29, 1.82) is 0 Å². The second-order valence-corrected chi connectivity index (χ2v) is 12.4. The lowest BCUT2D eigenvalue weighted by Crippen LogP contribution is -2.46. The lowest BCUT2D eigenvalue weighted by molar-refractivity contribution is 0.0133. The third kappa shape index (κ3) is 3.54. The molecule has 0 spiro atoms. The van der Waals surface area contributed by atoms with Gasteiger partial charge in [-0.3, -0.25) is 0 Å². The molecule has 0 aromatic carbocycles. The molecule has 9 atom stereocenters. The van der Waals surface area contributed by atoms with E-state index in [-0.39, 0.29) is 17.6 Å². The maximum absolute atomic E-state index is 10.8. The fourth-order valence-electron chi connectivity index (χ4n) is 8.16. The molecule has 0 bridgehead atoms. The third-order valence-corrected chi connectivity index (χ3v) is 10.6. The van der Waals surface area contributed by atoms with Crippen molar-refractivity contribution in [2.75, 3.05) is 0 Å². The van der Waals surface area contributed by atoms with Crippen LogP contribution in [0.1, 0.15) is 92.9 Å². The highest BCUT2D eigenvalue weighted by atomic mass is 16.3. The first-order valence-electron chi connectivity index (χ1n) is 12.8. The van der Waals surface area contributed by atoms with Gasteiger partial charge in [0.2, 0.25) is 0 Å². The van der Waals surface area contributed by atoms with Crippen LogP contribution in [0.4, 0.5) is 0 Å². The van der Waals surface area contributed by atoms with Gasteiger partial charge in [0.25, 0.3) is 0 Å². The van der Waals surface area contributed by atoms with Crippen LogP contribution >= 0.6 is 0 Å². The number of aliphatic hydroxyl groups excluding tert-OH is 2. The summed E-state index contributed by atoms with van der Waals surface area (Å²) in [6, 6.07) is 0. The van der Waals surface area contributed by atoms with Crippen LogP contribution < -0.4 is 0 Å². The highest BCUT2D eigenvalue weighted by molar-refractivity contribution is 5.38. The zero-order valence-electron chi connectivity index (χ0n) is 20.3. The van der Waals surface area contributed by atoms with Gasteiger partial charge in [-0.1, -0.05) is 64.8 Å². The van der Waals surface area contributed by atoms with Gasteiger partial charge >= 0.3 is 0 Å². The first-order chi connectivity index (χ1) is 14.1. The molecule has 30 heavy (non-hydrogen) atoms. The van der Waals surface area contributed by atoms with E-state index < -0.39 is 0 Å². The minimum absolute atomic E-state index is 0.135. The summed E-state index contributed by atoms with van der Waals surface area (Å²) in [5, 5.41) is 21.0. The molecule has 0 saturated heterocycles. The lowest BCUT2D eigenvalue weighted by atomic mass is 9.50. The molecule has 170 valence electrons. The highest BCUT2D eigenvalue weighted by Gasteiger charge is 2.57. The number of hydrogen-bond donors (Lipinski definition) is 2. The lowest BCUT2D eigenvalue weighted by Gasteiger charge is -2.55. The average molecular weight is 415 g/mol. The van der Waals surface area contributed by atoms with Crippen LogP contribution in [0.5, 0.6) is 0 Å². The second-order valence-electron chi connectivity index (χ2n) is 12.4. The normalized spacial score (nSPS) is 43.8. The molecule has 2 nitrogen and oxygen atoms in total. The fourth-order valence-corrected chi connectivity index (χ4v) is 8.16. The summed E-state index contributed by atoms with van der Waals surface area (Å²) < 4.78 is 0. The van der Waals surface area contributed by atoms with Gasteiger partial charge in [-0.25, -0.2) is 0 Å². The zero-order valence-corrected chi connectivity index (χ0v) is 20.3. The predicted molar refractivity (Wildman–Crippen MR) is 125 cm³/mol. The largest absolute Gasteiger partial charge is 0.393 e. The molecule has 4 unspecified atom stereocenters. The molecule has 0 amide bonds. The van der Waals surface area contributed by atoms with Gasteiger partial charge in [0.1, 0.15) is 0 Å². The van der Waals surface area contributed by atoms with Crippen molar-refractivity contribution in [2.24, 2.45) is 46.3 Å². The summed E-state index contributed by atoms with van der Waals surface area (Å²) in [5.41, 5.74) is 3.90. The van der Waals surface area contributed by atoms with Crippen LogP contribution in [-0.4, -0.2) is 22.4 Å². The summed E-state index contributed by atoms with van der Waals surface area (Å²) in [5.74, 6) is 3.62. The molecule has 4 rings (SSSR count). The van der Waals surface area contributed by atoms with Crippen molar-refractivity contribution in [1.82, 2.24) is 0 Å². The van der Waals surface area contributed by atoms with Gasteiger partial charge in [-0.2, -0.15) is 0 Å². The Bertz CT molecular complexity index is 705. The summed E-state index contributed by atoms with van der Waals surface area (Å²) in [4.78, 5) is 0. The minimum Gasteiger partial charge on any atom is -0.393 e. The highest BCUT2D eigenvalue weighted by Crippen LogP contribution is 2.66. The molecule has 0 aromatic heterocycles. The summed E-state index contributed by atoms with van der Waals surface area (Å²) in [7, 11) is 0. The quantitative estimate of drug-likeness (QED) is 0.537. The average Bonchev–Trinajstić information content (AvgIpc) is 3.05. The van der Waals surface area contributed by atoms with E-state index in [0.717, 1.165) is 31.6 Å². The molecule has 4 aliphatic carbocycles. The van der Waals surface area contributed by atoms with Crippen molar-refractivity contribution in [3.8, 4) is 0 Å². The molecule has 2 N–H and O–H groups in total. The van der Waals surface area contributed by atoms with E-state index in [1.807, 2.05) is 0 Å². The van der Waals surface area contributed by atoms with Crippen molar-refractivity contribution < 1.29 is 10.2 Å². The Kier molecular flexibility index (Phi) is 6.08. The molecule has 3 fully saturated rings. The van der Waals surface area contributed by atoms with Crippen molar-refractivity contribution in [2.45, 2.75) is 105 Å². The van der Waals surface area contributed by atoms with E-state index in [9.17, 15) is 10.2 Å². The zero-order chi connectivity index (χ0) is 21.8. The standard InChI is InChI=1S/C28H46O2/c1-17(2)19(4)26(30)15-18(3)23-9-10-24-22-8-7-20-16-21(29)11-13-27(20,5)25(22)12-14-28(23,24)6/h7-8,17-19,21,23-26,29-30H,9-16H2,1-6H3/t18-,19-,21+,23?,24?,25?,26-,27?,28-/m1/s1. The van der Waals surface area contributed by atoms with Crippen molar-refractivity contribution in [3.63, 3.8) is 0 Å². The van der Waals surface area contributed by atoms with Crippen molar-refractivity contribution in [3.05, 3.63) is 23.3 Å². The molecule has 0 radical (unpaired) electrons. The molecule has 0 aliphatic heterocycles. The number of hydrogen-bond acceptors (Lipinski definition) is 2. The molecule has 2 heteroatoms. The number of allylic oxidation sites excluding steroid dienone is 3. The van der Waals surface area contributed by atoms with Crippen molar-refractivity contribution >= 4 is 0 Å². The van der Waals surface area contributed by atoms with E-state index in [2.05, 4.69) is 53.7 Å². The van der Waals surface area contributed by atoms with Crippen LogP contribution in [0, 0.1) is 46.3 Å². The van der Waals surface area contributed by atoms with Gasteiger partial charge in [0.15, 0.2) is 0 Å². The summed E-state index contributed by atoms with van der Waals surface area (Å²) >= 11 is 0. The Morgan fingerprint density at radius 2 is 1.70 bits per heavy atom. The molecule has 0 aromatic rings. The maximum Gasteiger partial charge on any atom is 0.0578 e. The van der Waals surface area contributed by atoms with E-state index in [1.165, 1.54) is 31.3 Å². The maximum atomic E-state index is 10.8.